The van der Waals surface area contributed by atoms with Gasteiger partial charge in [-0.15, -0.1) is 0 Å². The van der Waals surface area contributed by atoms with Gasteiger partial charge in [0.05, 0.1) is 0 Å². The molecule has 0 saturated carbocycles. The maximum Gasteiger partial charge on any atom is 0.306 e. The highest BCUT2D eigenvalue weighted by atomic mass is 16.6. The number of rotatable bonds is 71. The molecule has 0 saturated heterocycles. The van der Waals surface area contributed by atoms with Crippen molar-refractivity contribution < 1.29 is 28.6 Å². The Hall–Kier alpha value is -2.11. The Bertz CT molecular complexity index is 1340. The van der Waals surface area contributed by atoms with Gasteiger partial charge < -0.3 is 14.2 Å². The summed E-state index contributed by atoms with van der Waals surface area (Å²) in [5.74, 6) is -0.837. The fourth-order valence-electron chi connectivity index (χ4n) is 11.8. The third-order valence-corrected chi connectivity index (χ3v) is 17.5. The van der Waals surface area contributed by atoms with Crippen LogP contribution in [0.5, 0.6) is 0 Å². The van der Waals surface area contributed by atoms with Crippen LogP contribution in [0.15, 0.2) is 24.3 Å². The van der Waals surface area contributed by atoms with E-state index in [0.717, 1.165) is 70.6 Å². The summed E-state index contributed by atoms with van der Waals surface area (Å²) in [6, 6.07) is 0. The van der Waals surface area contributed by atoms with E-state index in [0.29, 0.717) is 19.3 Å². The number of carbonyl (C=O) groups excluding carboxylic acids is 3. The molecule has 0 aliphatic rings. The second-order valence-corrected chi connectivity index (χ2v) is 25.9. The Balaban J connectivity index is 4.26. The molecule has 0 heterocycles. The van der Waals surface area contributed by atoms with Crippen LogP contribution in [0.1, 0.15) is 432 Å². The molecule has 0 aliphatic heterocycles. The summed E-state index contributed by atoms with van der Waals surface area (Å²) < 4.78 is 17.0. The fraction of sp³-hybridized carbons (Fsp3) is 0.909. The molecule has 6 nitrogen and oxygen atoms in total. The number of hydrogen-bond acceptors (Lipinski definition) is 6. The Morgan fingerprint density at radius 2 is 0.434 bits per heavy atom. The standard InChI is InChI=1S/C77H146O6/c1-4-7-10-13-16-19-22-25-28-31-33-35-37-39-41-43-46-49-52-55-58-61-64-67-70-76(79)82-73-74(72-81-75(78)69-66-63-60-57-54-51-48-45-30-27-24-21-18-15-12-9-6-3)83-77(80)71-68-65-62-59-56-53-50-47-44-42-40-38-36-34-32-29-26-23-20-17-14-11-8-5-2/h18,21,27,30,74H,4-17,19-20,22-26,28-29,31-73H2,1-3H3/b21-18-,30-27-. The molecule has 0 fully saturated rings. The highest BCUT2D eigenvalue weighted by Crippen LogP contribution is 2.20. The van der Waals surface area contributed by atoms with Crippen molar-refractivity contribution in [3.8, 4) is 0 Å². The summed E-state index contributed by atoms with van der Waals surface area (Å²) in [4.78, 5) is 38.6. The molecule has 0 aromatic carbocycles. The number of unbranched alkanes of at least 4 members (excludes halogenated alkanes) is 56. The van der Waals surface area contributed by atoms with Crippen molar-refractivity contribution >= 4 is 17.9 Å². The maximum atomic E-state index is 13.0. The molecule has 1 unspecified atom stereocenters. The number of carbonyl (C=O) groups is 3. The van der Waals surface area contributed by atoms with Crippen molar-refractivity contribution in [2.75, 3.05) is 13.2 Å². The maximum absolute atomic E-state index is 13.0. The molecular formula is C77H146O6. The van der Waals surface area contributed by atoms with E-state index >= 15 is 0 Å². The van der Waals surface area contributed by atoms with Gasteiger partial charge in [-0.2, -0.15) is 0 Å². The molecule has 0 aliphatic carbocycles. The van der Waals surface area contributed by atoms with Crippen molar-refractivity contribution in [2.24, 2.45) is 0 Å². The van der Waals surface area contributed by atoms with Gasteiger partial charge in [0, 0.05) is 19.3 Å². The monoisotopic (exact) mass is 1170 g/mol. The minimum Gasteiger partial charge on any atom is -0.462 e. The van der Waals surface area contributed by atoms with Gasteiger partial charge in [-0.25, -0.2) is 0 Å². The zero-order chi connectivity index (χ0) is 59.9. The molecule has 0 radical (unpaired) electrons. The Kier molecular flexibility index (Phi) is 70.5. The normalized spacial score (nSPS) is 12.1. The topological polar surface area (TPSA) is 78.9 Å². The van der Waals surface area contributed by atoms with Crippen molar-refractivity contribution in [3.63, 3.8) is 0 Å². The van der Waals surface area contributed by atoms with Gasteiger partial charge in [0.1, 0.15) is 13.2 Å². The highest BCUT2D eigenvalue weighted by Gasteiger charge is 2.20. The molecule has 83 heavy (non-hydrogen) atoms. The fourth-order valence-corrected chi connectivity index (χ4v) is 11.8. The van der Waals surface area contributed by atoms with Gasteiger partial charge in [0.25, 0.3) is 0 Å². The molecule has 1 atom stereocenters. The van der Waals surface area contributed by atoms with Crippen LogP contribution < -0.4 is 0 Å². The second kappa shape index (κ2) is 72.4. The zero-order valence-corrected chi connectivity index (χ0v) is 56.5. The summed E-state index contributed by atoms with van der Waals surface area (Å²) in [7, 11) is 0. The number of hydrogen-bond donors (Lipinski definition) is 0. The first kappa shape index (κ1) is 80.9. The smallest absolute Gasteiger partial charge is 0.306 e. The third-order valence-electron chi connectivity index (χ3n) is 17.5. The lowest BCUT2D eigenvalue weighted by Gasteiger charge is -2.18. The van der Waals surface area contributed by atoms with Crippen LogP contribution >= 0.6 is 0 Å². The first-order chi connectivity index (χ1) is 41.0. The Morgan fingerprint density at radius 3 is 0.687 bits per heavy atom. The van der Waals surface area contributed by atoms with Crippen LogP contribution in [0.2, 0.25) is 0 Å². The lowest BCUT2D eigenvalue weighted by atomic mass is 10.0. The van der Waals surface area contributed by atoms with E-state index in [1.807, 2.05) is 0 Å². The second-order valence-electron chi connectivity index (χ2n) is 25.9. The Morgan fingerprint density at radius 1 is 0.241 bits per heavy atom. The van der Waals surface area contributed by atoms with Crippen molar-refractivity contribution in [2.45, 2.75) is 438 Å². The lowest BCUT2D eigenvalue weighted by molar-refractivity contribution is -0.167. The molecule has 0 N–H and O–H groups in total. The van der Waals surface area contributed by atoms with Gasteiger partial charge in [-0.1, -0.05) is 385 Å². The van der Waals surface area contributed by atoms with Crippen LogP contribution in [0.4, 0.5) is 0 Å². The zero-order valence-electron chi connectivity index (χ0n) is 56.5. The van der Waals surface area contributed by atoms with Crippen LogP contribution in [-0.4, -0.2) is 37.2 Å². The van der Waals surface area contributed by atoms with Crippen LogP contribution in [0.25, 0.3) is 0 Å². The largest absolute Gasteiger partial charge is 0.462 e. The molecule has 0 aromatic rings. The van der Waals surface area contributed by atoms with Crippen LogP contribution in [0, 0.1) is 0 Å². The summed E-state index contributed by atoms with van der Waals surface area (Å²) in [5, 5.41) is 0. The average molecular weight is 1170 g/mol. The minimum atomic E-state index is -0.772. The minimum absolute atomic E-state index is 0.0668. The van der Waals surface area contributed by atoms with E-state index < -0.39 is 6.10 Å². The molecule has 0 bridgehead atoms. The van der Waals surface area contributed by atoms with Crippen molar-refractivity contribution in [1.29, 1.82) is 0 Å². The number of allylic oxidation sites excluding steroid dienone is 4. The van der Waals surface area contributed by atoms with Crippen LogP contribution in [0.3, 0.4) is 0 Å². The van der Waals surface area contributed by atoms with Crippen molar-refractivity contribution in [3.05, 3.63) is 24.3 Å². The van der Waals surface area contributed by atoms with Crippen molar-refractivity contribution in [1.82, 2.24) is 0 Å². The molecular weight excluding hydrogens is 1020 g/mol. The van der Waals surface area contributed by atoms with Gasteiger partial charge in [0.15, 0.2) is 6.10 Å². The van der Waals surface area contributed by atoms with E-state index in [9.17, 15) is 14.4 Å². The van der Waals surface area contributed by atoms with Gasteiger partial charge in [0.2, 0.25) is 0 Å². The molecule has 0 spiro atoms. The summed E-state index contributed by atoms with van der Waals surface area (Å²) >= 11 is 0. The molecule has 490 valence electrons. The van der Waals surface area contributed by atoms with E-state index in [-0.39, 0.29) is 31.1 Å². The van der Waals surface area contributed by atoms with Gasteiger partial charge in [-0.3, -0.25) is 14.4 Å². The Labute approximate surface area is 519 Å². The molecule has 0 aromatic heterocycles. The SMILES string of the molecule is CCCCC/C=C\C/C=C\CCCCCCCCCC(=O)OCC(COC(=O)CCCCCCCCCCCCCCCCCCCCCCCCCC)OC(=O)CCCCCCCCCCCCCCCCCCCCCCCCCC. The molecule has 6 heteroatoms. The van der Waals surface area contributed by atoms with E-state index in [1.54, 1.807) is 0 Å². The third kappa shape index (κ3) is 70.5. The predicted molar refractivity (Wildman–Crippen MR) is 363 cm³/mol. The highest BCUT2D eigenvalue weighted by molar-refractivity contribution is 5.71. The lowest BCUT2D eigenvalue weighted by Crippen LogP contribution is -2.30. The van der Waals surface area contributed by atoms with E-state index in [2.05, 4.69) is 45.1 Å². The van der Waals surface area contributed by atoms with Gasteiger partial charge >= 0.3 is 17.9 Å². The number of ether oxygens (including phenoxy) is 3. The summed E-state index contributed by atoms with van der Waals surface area (Å²) in [5.41, 5.74) is 0. The quantitative estimate of drug-likeness (QED) is 0.0261. The predicted octanol–water partition coefficient (Wildman–Crippen LogP) is 26.1. The summed E-state index contributed by atoms with van der Waals surface area (Å²) in [6.45, 7) is 6.71. The molecule has 0 amide bonds. The van der Waals surface area contributed by atoms with E-state index in [1.165, 1.54) is 321 Å². The average Bonchev–Trinajstić information content (AvgIpc) is 3.50. The first-order valence-electron chi connectivity index (χ1n) is 37.8. The summed E-state index contributed by atoms with van der Waals surface area (Å²) in [6.07, 6.45) is 89.4. The van der Waals surface area contributed by atoms with Crippen LogP contribution in [-0.2, 0) is 28.6 Å². The number of esters is 3. The van der Waals surface area contributed by atoms with E-state index in [4.69, 9.17) is 14.2 Å². The van der Waals surface area contributed by atoms with Gasteiger partial charge in [-0.05, 0) is 51.4 Å². The molecule has 0 rings (SSSR count). The first-order valence-corrected chi connectivity index (χ1v) is 37.8.